The van der Waals surface area contributed by atoms with Crippen LogP contribution in [-0.2, 0) is 12.3 Å². The van der Waals surface area contributed by atoms with Crippen molar-refractivity contribution in [2.45, 2.75) is 17.8 Å². The van der Waals surface area contributed by atoms with E-state index in [1.54, 1.807) is 24.3 Å². The molecule has 4 nitrogen and oxygen atoms in total. The highest BCUT2D eigenvalue weighted by molar-refractivity contribution is 7.99. The van der Waals surface area contributed by atoms with Crippen LogP contribution in [0.15, 0.2) is 28.8 Å². The first kappa shape index (κ1) is 16.8. The zero-order chi connectivity index (χ0) is 13.9. The minimum atomic E-state index is -4.31. The number of aromatic nitrogens is 2. The fourth-order valence-corrected chi connectivity index (χ4v) is 1.77. The summed E-state index contributed by atoms with van der Waals surface area (Å²) in [4.78, 5) is 3.91. The standard InChI is InChI=1S/C11H10F3N3OS.ClH/c12-11(13,14)19-6-9-16-10(17-18-9)8-3-1-7(5-15)2-4-8;/h1-4H,5-6,15H2;1H. The minimum absolute atomic E-state index is 0. The van der Waals surface area contributed by atoms with Crippen molar-refractivity contribution >= 4 is 24.2 Å². The Bertz CT molecular complexity index is 545. The minimum Gasteiger partial charge on any atom is -0.338 e. The Kier molecular flexibility index (Phi) is 5.85. The normalized spacial score (nSPS) is 11.2. The molecule has 0 bridgehead atoms. The van der Waals surface area contributed by atoms with Crippen molar-refractivity contribution < 1.29 is 17.7 Å². The van der Waals surface area contributed by atoms with Gasteiger partial charge in [0.15, 0.2) is 0 Å². The number of alkyl halides is 3. The van der Waals surface area contributed by atoms with Crippen molar-refractivity contribution in [2.75, 3.05) is 0 Å². The lowest BCUT2D eigenvalue weighted by molar-refractivity contribution is -0.0330. The summed E-state index contributed by atoms with van der Waals surface area (Å²) in [6, 6.07) is 7.09. The van der Waals surface area contributed by atoms with Gasteiger partial charge >= 0.3 is 5.51 Å². The molecule has 2 aromatic rings. The van der Waals surface area contributed by atoms with Gasteiger partial charge in [0, 0.05) is 12.1 Å². The molecule has 0 aliphatic heterocycles. The van der Waals surface area contributed by atoms with E-state index in [-0.39, 0.29) is 35.9 Å². The lowest BCUT2D eigenvalue weighted by atomic mass is 10.1. The fraction of sp³-hybridized carbons (Fsp3) is 0.273. The van der Waals surface area contributed by atoms with Gasteiger partial charge in [-0.2, -0.15) is 18.2 Å². The maximum Gasteiger partial charge on any atom is 0.442 e. The van der Waals surface area contributed by atoms with Gasteiger partial charge in [0.1, 0.15) is 0 Å². The zero-order valence-electron chi connectivity index (χ0n) is 10.1. The van der Waals surface area contributed by atoms with E-state index in [1.165, 1.54) is 0 Å². The summed E-state index contributed by atoms with van der Waals surface area (Å²) in [5.74, 6) is -0.182. The third kappa shape index (κ3) is 4.69. The molecule has 0 aliphatic rings. The maximum atomic E-state index is 12.0. The van der Waals surface area contributed by atoms with Crippen LogP contribution in [0, 0.1) is 0 Å². The smallest absolute Gasteiger partial charge is 0.338 e. The summed E-state index contributed by atoms with van der Waals surface area (Å²) >= 11 is -0.212. The van der Waals surface area contributed by atoms with Crippen molar-refractivity contribution in [2.24, 2.45) is 5.73 Å². The van der Waals surface area contributed by atoms with Gasteiger partial charge in [0.2, 0.25) is 11.7 Å². The molecular weight excluding hydrogens is 315 g/mol. The Labute approximate surface area is 123 Å². The van der Waals surface area contributed by atoms with Crippen LogP contribution in [0.3, 0.4) is 0 Å². The van der Waals surface area contributed by atoms with Crippen molar-refractivity contribution in [1.82, 2.24) is 10.1 Å². The van der Waals surface area contributed by atoms with Gasteiger partial charge in [-0.15, -0.1) is 12.4 Å². The third-order valence-corrected chi connectivity index (χ3v) is 2.99. The highest BCUT2D eigenvalue weighted by atomic mass is 35.5. The maximum absolute atomic E-state index is 12.0. The van der Waals surface area contributed by atoms with Gasteiger partial charge in [0.25, 0.3) is 0 Å². The number of thioether (sulfide) groups is 1. The van der Waals surface area contributed by atoms with Crippen LogP contribution in [0.5, 0.6) is 0 Å². The SMILES string of the molecule is Cl.NCc1ccc(-c2noc(CSC(F)(F)F)n2)cc1. The molecule has 2 N–H and O–H groups in total. The first-order chi connectivity index (χ1) is 8.98. The predicted molar refractivity (Wildman–Crippen MR) is 72.2 cm³/mol. The molecule has 110 valence electrons. The molecule has 20 heavy (non-hydrogen) atoms. The first-order valence-electron chi connectivity index (χ1n) is 5.30. The average Bonchev–Trinajstić information content (AvgIpc) is 2.84. The van der Waals surface area contributed by atoms with Gasteiger partial charge in [-0.25, -0.2) is 0 Å². The molecule has 0 atom stereocenters. The second-order valence-electron chi connectivity index (χ2n) is 3.65. The first-order valence-corrected chi connectivity index (χ1v) is 6.29. The molecule has 1 aromatic carbocycles. The molecule has 1 heterocycles. The van der Waals surface area contributed by atoms with Gasteiger partial charge < -0.3 is 10.3 Å². The highest BCUT2D eigenvalue weighted by Crippen LogP contribution is 2.32. The van der Waals surface area contributed by atoms with E-state index >= 15 is 0 Å². The van der Waals surface area contributed by atoms with Crippen LogP contribution < -0.4 is 5.73 Å². The lowest BCUT2D eigenvalue weighted by Crippen LogP contribution is -2.00. The van der Waals surface area contributed by atoms with Crippen LogP contribution in [0.1, 0.15) is 11.5 Å². The topological polar surface area (TPSA) is 64.9 Å². The zero-order valence-corrected chi connectivity index (χ0v) is 11.7. The van der Waals surface area contributed by atoms with Crippen molar-refractivity contribution in [3.63, 3.8) is 0 Å². The Morgan fingerprint density at radius 2 is 1.85 bits per heavy atom. The fourth-order valence-electron chi connectivity index (χ4n) is 1.36. The molecule has 2 rings (SSSR count). The van der Waals surface area contributed by atoms with E-state index in [2.05, 4.69) is 10.1 Å². The predicted octanol–water partition coefficient (Wildman–Crippen LogP) is 3.37. The summed E-state index contributed by atoms with van der Waals surface area (Å²) in [6.45, 7) is 0.417. The molecule has 0 saturated heterocycles. The van der Waals surface area contributed by atoms with Crippen molar-refractivity contribution in [3.8, 4) is 11.4 Å². The van der Waals surface area contributed by atoms with Crippen LogP contribution in [0.2, 0.25) is 0 Å². The van der Waals surface area contributed by atoms with E-state index in [4.69, 9.17) is 10.3 Å². The number of rotatable bonds is 4. The Hall–Kier alpha value is -1.25. The number of benzene rings is 1. The summed E-state index contributed by atoms with van der Waals surface area (Å²) < 4.78 is 40.8. The van der Waals surface area contributed by atoms with Gasteiger partial charge in [-0.3, -0.25) is 0 Å². The number of nitrogens with two attached hydrogens (primary N) is 1. The van der Waals surface area contributed by atoms with Crippen molar-refractivity contribution in [3.05, 3.63) is 35.7 Å². The van der Waals surface area contributed by atoms with E-state index in [0.29, 0.717) is 12.1 Å². The number of hydrogen-bond donors (Lipinski definition) is 1. The largest absolute Gasteiger partial charge is 0.442 e. The lowest BCUT2D eigenvalue weighted by Gasteiger charge is -2.01. The van der Waals surface area contributed by atoms with Crippen LogP contribution in [0.4, 0.5) is 13.2 Å². The molecule has 1 aromatic heterocycles. The average molecular weight is 326 g/mol. The third-order valence-electron chi connectivity index (χ3n) is 2.28. The van der Waals surface area contributed by atoms with Crippen LogP contribution in [-0.4, -0.2) is 15.6 Å². The number of halogens is 4. The summed E-state index contributed by atoms with van der Waals surface area (Å²) in [5.41, 5.74) is 2.77. The van der Waals surface area contributed by atoms with E-state index in [0.717, 1.165) is 5.56 Å². The van der Waals surface area contributed by atoms with Gasteiger partial charge in [-0.1, -0.05) is 29.4 Å². The Morgan fingerprint density at radius 3 is 2.40 bits per heavy atom. The Balaban J connectivity index is 0.00000200. The van der Waals surface area contributed by atoms with Gasteiger partial charge in [-0.05, 0) is 17.3 Å². The van der Waals surface area contributed by atoms with E-state index in [9.17, 15) is 13.2 Å². The monoisotopic (exact) mass is 325 g/mol. The highest BCUT2D eigenvalue weighted by Gasteiger charge is 2.29. The van der Waals surface area contributed by atoms with Crippen molar-refractivity contribution in [1.29, 1.82) is 0 Å². The quantitative estimate of drug-likeness (QED) is 0.933. The molecule has 9 heteroatoms. The summed E-state index contributed by atoms with van der Waals surface area (Å²) in [6.07, 6.45) is 0. The van der Waals surface area contributed by atoms with E-state index in [1.807, 2.05) is 0 Å². The second kappa shape index (κ2) is 6.96. The van der Waals surface area contributed by atoms with Crippen LogP contribution >= 0.6 is 24.2 Å². The Morgan fingerprint density at radius 1 is 1.20 bits per heavy atom. The summed E-state index contributed by atoms with van der Waals surface area (Å²) in [7, 11) is 0. The molecule has 0 fully saturated rings. The van der Waals surface area contributed by atoms with E-state index < -0.39 is 11.3 Å². The second-order valence-corrected chi connectivity index (χ2v) is 4.69. The molecule has 0 amide bonds. The number of hydrogen-bond acceptors (Lipinski definition) is 5. The molecule has 0 aliphatic carbocycles. The molecule has 0 spiro atoms. The molecular formula is C11H11ClF3N3OS. The number of nitrogens with zero attached hydrogens (tertiary/aromatic N) is 2. The van der Waals surface area contributed by atoms with Crippen LogP contribution in [0.25, 0.3) is 11.4 Å². The van der Waals surface area contributed by atoms with Gasteiger partial charge in [0.05, 0.1) is 5.75 Å². The summed E-state index contributed by atoms with van der Waals surface area (Å²) in [5, 5.41) is 3.64. The molecule has 0 radical (unpaired) electrons. The molecule has 0 saturated carbocycles. The molecule has 0 unspecified atom stereocenters.